The molecule has 1 fully saturated rings. The van der Waals surface area contributed by atoms with Crippen molar-refractivity contribution in [2.24, 2.45) is 0 Å². The van der Waals surface area contributed by atoms with Crippen molar-refractivity contribution in [1.29, 1.82) is 0 Å². The second-order valence-electron chi connectivity index (χ2n) is 7.16. The maximum atomic E-state index is 12.6. The van der Waals surface area contributed by atoms with Gasteiger partial charge in [-0.15, -0.1) is 0 Å². The Kier molecular flexibility index (Phi) is 7.26. The van der Waals surface area contributed by atoms with Crippen LogP contribution in [-0.4, -0.2) is 58.9 Å². The van der Waals surface area contributed by atoms with E-state index in [0.29, 0.717) is 48.2 Å². The van der Waals surface area contributed by atoms with Crippen LogP contribution in [0.15, 0.2) is 36.4 Å². The molecule has 0 saturated carbocycles. The summed E-state index contributed by atoms with van der Waals surface area (Å²) in [6.45, 7) is 5.24. The normalized spacial score (nSPS) is 14.1. The van der Waals surface area contributed by atoms with Crippen molar-refractivity contribution < 1.29 is 28.7 Å². The third kappa shape index (κ3) is 5.49. The van der Waals surface area contributed by atoms with E-state index in [1.54, 1.807) is 24.3 Å². The number of ether oxygens (including phenoxy) is 3. The van der Waals surface area contributed by atoms with Crippen molar-refractivity contribution in [3.63, 3.8) is 0 Å². The monoisotopic (exact) mass is 414 g/mol. The van der Waals surface area contributed by atoms with Crippen LogP contribution < -0.4 is 25.0 Å². The molecule has 0 atom stereocenters. The van der Waals surface area contributed by atoms with Gasteiger partial charge in [0.1, 0.15) is 24.6 Å². The number of hydrogen-bond donors (Lipinski definition) is 3. The van der Waals surface area contributed by atoms with E-state index in [1.807, 2.05) is 19.1 Å². The lowest BCUT2D eigenvalue weighted by molar-refractivity contribution is -0.899. The zero-order valence-corrected chi connectivity index (χ0v) is 17.5. The zero-order valence-electron chi connectivity index (χ0n) is 17.5. The number of rotatable bonds is 7. The highest BCUT2D eigenvalue weighted by Gasteiger charge is 2.20. The maximum Gasteiger partial charge on any atom is 0.279 e. The van der Waals surface area contributed by atoms with Crippen molar-refractivity contribution in [3.8, 4) is 11.5 Å². The number of nitrogens with one attached hydrogen (secondary N) is 3. The molecular weight excluding hydrogens is 386 g/mol. The molecule has 1 heterocycles. The number of hydrogen-bond acceptors (Lipinski definition) is 5. The molecule has 8 nitrogen and oxygen atoms in total. The second kappa shape index (κ2) is 10.1. The third-order valence-corrected chi connectivity index (χ3v) is 4.97. The highest BCUT2D eigenvalue weighted by atomic mass is 16.5. The molecule has 0 unspecified atom stereocenters. The Morgan fingerprint density at radius 3 is 2.10 bits per heavy atom. The summed E-state index contributed by atoms with van der Waals surface area (Å²) in [5.74, 6) is 0.470. The fourth-order valence-corrected chi connectivity index (χ4v) is 3.25. The Bertz CT molecular complexity index is 892. The molecule has 0 aliphatic carbocycles. The van der Waals surface area contributed by atoms with Crippen LogP contribution in [0.1, 0.15) is 15.9 Å². The third-order valence-electron chi connectivity index (χ3n) is 4.97. The molecule has 2 aromatic rings. The van der Waals surface area contributed by atoms with Gasteiger partial charge >= 0.3 is 0 Å². The summed E-state index contributed by atoms with van der Waals surface area (Å²) < 4.78 is 16.2. The lowest BCUT2D eigenvalue weighted by Crippen LogP contribution is -3.15. The summed E-state index contributed by atoms with van der Waals surface area (Å²) in [5, 5.41) is 5.73. The molecular formula is C22H28N3O5+. The Hall–Kier alpha value is -3.10. The van der Waals surface area contributed by atoms with Crippen LogP contribution in [0.25, 0.3) is 0 Å². The van der Waals surface area contributed by atoms with Gasteiger partial charge in [0, 0.05) is 17.7 Å². The van der Waals surface area contributed by atoms with Gasteiger partial charge in [-0.3, -0.25) is 9.59 Å². The average Bonchev–Trinajstić information content (AvgIpc) is 2.75. The molecule has 1 saturated heterocycles. The molecule has 0 spiro atoms. The van der Waals surface area contributed by atoms with E-state index in [4.69, 9.17) is 14.2 Å². The van der Waals surface area contributed by atoms with E-state index in [-0.39, 0.29) is 11.8 Å². The van der Waals surface area contributed by atoms with E-state index >= 15 is 0 Å². The number of methoxy groups -OCH3 is 2. The number of aryl methyl sites for hydroxylation is 1. The summed E-state index contributed by atoms with van der Waals surface area (Å²) in [6, 6.07) is 10.6. The molecule has 1 aliphatic rings. The Morgan fingerprint density at radius 1 is 0.967 bits per heavy atom. The lowest BCUT2D eigenvalue weighted by atomic mass is 10.1. The average molecular weight is 414 g/mol. The van der Waals surface area contributed by atoms with Gasteiger partial charge in [0.2, 0.25) is 0 Å². The van der Waals surface area contributed by atoms with Gasteiger partial charge < -0.3 is 29.7 Å². The van der Waals surface area contributed by atoms with Crippen LogP contribution in [0.5, 0.6) is 11.5 Å². The van der Waals surface area contributed by atoms with Crippen molar-refractivity contribution in [2.75, 3.05) is 57.7 Å². The van der Waals surface area contributed by atoms with Crippen LogP contribution in [0.3, 0.4) is 0 Å². The summed E-state index contributed by atoms with van der Waals surface area (Å²) >= 11 is 0. The number of benzene rings is 2. The van der Waals surface area contributed by atoms with Crippen LogP contribution >= 0.6 is 0 Å². The SMILES string of the molecule is COc1cc(NC(=O)c2ccc(C)cc2)c(OC)cc1NC(=O)C[NH+]1CCOCC1. The molecule has 1 aliphatic heterocycles. The van der Waals surface area contributed by atoms with E-state index in [0.717, 1.165) is 18.7 Å². The molecule has 30 heavy (non-hydrogen) atoms. The molecule has 3 N–H and O–H groups in total. The number of morpholine rings is 1. The molecule has 8 heteroatoms. The Balaban J connectivity index is 1.75. The Labute approximate surface area is 176 Å². The van der Waals surface area contributed by atoms with Crippen molar-refractivity contribution >= 4 is 23.2 Å². The van der Waals surface area contributed by atoms with Crippen molar-refractivity contribution in [2.45, 2.75) is 6.92 Å². The summed E-state index contributed by atoms with van der Waals surface area (Å²) in [4.78, 5) is 26.2. The summed E-state index contributed by atoms with van der Waals surface area (Å²) in [7, 11) is 3.02. The smallest absolute Gasteiger partial charge is 0.279 e. The van der Waals surface area contributed by atoms with Crippen LogP contribution in [0.4, 0.5) is 11.4 Å². The van der Waals surface area contributed by atoms with Gasteiger partial charge in [0.05, 0.1) is 38.8 Å². The van der Waals surface area contributed by atoms with E-state index in [9.17, 15) is 9.59 Å². The van der Waals surface area contributed by atoms with Gasteiger partial charge in [-0.05, 0) is 19.1 Å². The van der Waals surface area contributed by atoms with Crippen molar-refractivity contribution in [3.05, 3.63) is 47.5 Å². The number of carbonyl (C=O) groups excluding carboxylic acids is 2. The minimum absolute atomic E-state index is 0.122. The van der Waals surface area contributed by atoms with Gasteiger partial charge in [0.15, 0.2) is 6.54 Å². The molecule has 3 rings (SSSR count). The Morgan fingerprint density at radius 2 is 1.53 bits per heavy atom. The van der Waals surface area contributed by atoms with Gasteiger partial charge in [-0.2, -0.15) is 0 Å². The molecule has 2 amide bonds. The standard InChI is InChI=1S/C22H27N3O5/c1-15-4-6-16(7-5-15)22(27)24-18-13-19(28-2)17(12-20(18)29-3)23-21(26)14-25-8-10-30-11-9-25/h4-7,12-13H,8-11,14H2,1-3H3,(H,23,26)(H,24,27)/p+1. The first-order valence-electron chi connectivity index (χ1n) is 9.85. The first-order chi connectivity index (χ1) is 14.5. The molecule has 0 radical (unpaired) electrons. The quantitative estimate of drug-likeness (QED) is 0.632. The number of carbonyl (C=O) groups is 2. The number of anilines is 2. The summed E-state index contributed by atoms with van der Waals surface area (Å²) in [6.07, 6.45) is 0. The highest BCUT2D eigenvalue weighted by Crippen LogP contribution is 2.36. The topological polar surface area (TPSA) is 90.3 Å². The van der Waals surface area contributed by atoms with Crippen LogP contribution in [0.2, 0.25) is 0 Å². The largest absolute Gasteiger partial charge is 0.494 e. The predicted molar refractivity (Wildman–Crippen MR) is 114 cm³/mol. The van der Waals surface area contributed by atoms with Crippen LogP contribution in [-0.2, 0) is 9.53 Å². The summed E-state index contributed by atoms with van der Waals surface area (Å²) in [5.41, 5.74) is 2.55. The van der Waals surface area contributed by atoms with Gasteiger partial charge in [-0.1, -0.05) is 17.7 Å². The molecule has 0 aromatic heterocycles. The fraction of sp³-hybridized carbons (Fsp3) is 0.364. The van der Waals surface area contributed by atoms with Gasteiger partial charge in [0.25, 0.3) is 11.8 Å². The predicted octanol–water partition coefficient (Wildman–Crippen LogP) is 1.12. The lowest BCUT2D eigenvalue weighted by Gasteiger charge is -2.23. The first kappa shape index (κ1) is 21.6. The second-order valence-corrected chi connectivity index (χ2v) is 7.16. The number of quaternary nitrogens is 1. The van der Waals surface area contributed by atoms with E-state index < -0.39 is 0 Å². The highest BCUT2D eigenvalue weighted by molar-refractivity contribution is 6.05. The van der Waals surface area contributed by atoms with E-state index in [2.05, 4.69) is 10.6 Å². The maximum absolute atomic E-state index is 12.6. The van der Waals surface area contributed by atoms with E-state index in [1.165, 1.54) is 19.1 Å². The molecule has 160 valence electrons. The van der Waals surface area contributed by atoms with Gasteiger partial charge in [-0.25, -0.2) is 0 Å². The first-order valence-corrected chi connectivity index (χ1v) is 9.85. The zero-order chi connectivity index (χ0) is 21.5. The minimum atomic E-state index is -0.261. The molecule has 2 aromatic carbocycles. The fourth-order valence-electron chi connectivity index (χ4n) is 3.25. The molecule has 0 bridgehead atoms. The number of amides is 2. The van der Waals surface area contributed by atoms with Crippen molar-refractivity contribution in [1.82, 2.24) is 0 Å². The minimum Gasteiger partial charge on any atom is -0.494 e. The van der Waals surface area contributed by atoms with Crippen LogP contribution in [0, 0.1) is 6.92 Å².